The third-order valence-electron chi connectivity index (χ3n) is 12.7. The third kappa shape index (κ3) is 5.43. The van der Waals surface area contributed by atoms with Gasteiger partial charge in [0.2, 0.25) is 0 Å². The van der Waals surface area contributed by atoms with Crippen LogP contribution in [0.4, 0.5) is 17.1 Å². The first kappa shape index (κ1) is 35.0. The molecule has 0 bridgehead atoms. The van der Waals surface area contributed by atoms with Crippen LogP contribution in [0.1, 0.15) is 22.3 Å². The minimum atomic E-state index is -0.520. The van der Waals surface area contributed by atoms with Crippen molar-refractivity contribution < 1.29 is 4.42 Å². The summed E-state index contributed by atoms with van der Waals surface area (Å²) in [5, 5.41) is 4.74. The van der Waals surface area contributed by atoms with Gasteiger partial charge in [-0.25, -0.2) is 0 Å². The Morgan fingerprint density at radius 2 is 0.951 bits per heavy atom. The zero-order valence-corrected chi connectivity index (χ0v) is 33.4. The monoisotopic (exact) mass is 777 g/mol. The minimum Gasteiger partial charge on any atom is -0.456 e. The molecule has 1 aliphatic rings. The van der Waals surface area contributed by atoms with Gasteiger partial charge >= 0.3 is 0 Å². The molecule has 0 fully saturated rings. The Bertz CT molecular complexity index is 3370. The number of rotatable bonds is 7. The Morgan fingerprint density at radius 1 is 0.361 bits per heavy atom. The van der Waals surface area contributed by atoms with Crippen LogP contribution >= 0.6 is 0 Å². The van der Waals surface area contributed by atoms with Gasteiger partial charge in [-0.15, -0.1) is 0 Å². The van der Waals surface area contributed by atoms with Crippen molar-refractivity contribution in [2.24, 2.45) is 0 Å². The van der Waals surface area contributed by atoms with E-state index in [9.17, 15) is 0 Å². The van der Waals surface area contributed by atoms with Gasteiger partial charge in [-0.3, -0.25) is 0 Å². The first-order valence-electron chi connectivity index (χ1n) is 21.0. The summed E-state index contributed by atoms with van der Waals surface area (Å²) >= 11 is 0. The summed E-state index contributed by atoms with van der Waals surface area (Å²) in [4.78, 5) is 2.46. The lowest BCUT2D eigenvalue weighted by atomic mass is 9.68. The fourth-order valence-corrected chi connectivity index (χ4v) is 10.2. The number of benzene rings is 10. The predicted molar refractivity (Wildman–Crippen MR) is 254 cm³/mol. The maximum absolute atomic E-state index is 6.37. The number of para-hydroxylation sites is 1. The second-order valence-electron chi connectivity index (χ2n) is 16.0. The lowest BCUT2D eigenvalue weighted by molar-refractivity contribution is 0.669. The Hall–Kier alpha value is -7.94. The highest BCUT2D eigenvalue weighted by Gasteiger charge is 2.47. The highest BCUT2D eigenvalue weighted by atomic mass is 16.3. The zero-order valence-electron chi connectivity index (χ0n) is 33.4. The van der Waals surface area contributed by atoms with Gasteiger partial charge in [0.25, 0.3) is 0 Å². The van der Waals surface area contributed by atoms with E-state index >= 15 is 0 Å². The van der Waals surface area contributed by atoms with E-state index in [1.54, 1.807) is 0 Å². The largest absolute Gasteiger partial charge is 0.456 e. The lowest BCUT2D eigenvalue weighted by Gasteiger charge is -2.34. The number of anilines is 3. The van der Waals surface area contributed by atoms with Gasteiger partial charge in [0.1, 0.15) is 11.2 Å². The van der Waals surface area contributed by atoms with E-state index in [0.29, 0.717) is 0 Å². The van der Waals surface area contributed by atoms with E-state index < -0.39 is 5.41 Å². The fraction of sp³-hybridized carbons (Fsp3) is 0.0169. The van der Waals surface area contributed by atoms with Crippen molar-refractivity contribution in [1.29, 1.82) is 0 Å². The molecule has 0 saturated carbocycles. The summed E-state index contributed by atoms with van der Waals surface area (Å²) in [6.07, 6.45) is 0. The van der Waals surface area contributed by atoms with Gasteiger partial charge in [0.05, 0.1) is 11.1 Å². The van der Waals surface area contributed by atoms with E-state index in [-0.39, 0.29) is 0 Å². The summed E-state index contributed by atoms with van der Waals surface area (Å²) in [5.41, 5.74) is 16.8. The number of furan rings is 1. The number of hydrogen-bond acceptors (Lipinski definition) is 2. The maximum Gasteiger partial charge on any atom is 0.136 e. The molecule has 0 N–H and O–H groups in total. The Morgan fingerprint density at radius 3 is 1.77 bits per heavy atom. The molecule has 61 heavy (non-hydrogen) atoms. The molecule has 0 unspecified atom stereocenters. The van der Waals surface area contributed by atoms with Gasteiger partial charge in [-0.2, -0.15) is 0 Å². The molecular formula is C59H39NO. The number of fused-ring (bicyclic) bond motifs is 7. The molecule has 0 aliphatic heterocycles. The third-order valence-corrected chi connectivity index (χ3v) is 12.7. The molecule has 2 nitrogen and oxygen atoms in total. The normalized spacial score (nSPS) is 12.7. The first-order valence-corrected chi connectivity index (χ1v) is 21.0. The summed E-state index contributed by atoms with van der Waals surface area (Å²) in [5.74, 6) is 0. The molecule has 12 rings (SSSR count). The average molecular weight is 778 g/mol. The summed E-state index contributed by atoms with van der Waals surface area (Å²) in [6, 6.07) is 86.1. The van der Waals surface area contributed by atoms with Gasteiger partial charge in [-0.1, -0.05) is 194 Å². The quantitative estimate of drug-likeness (QED) is 0.160. The molecule has 0 spiro atoms. The molecule has 0 atom stereocenters. The van der Waals surface area contributed by atoms with Gasteiger partial charge in [0, 0.05) is 27.7 Å². The van der Waals surface area contributed by atoms with Crippen LogP contribution in [0, 0.1) is 0 Å². The van der Waals surface area contributed by atoms with Crippen LogP contribution in [0.15, 0.2) is 241 Å². The van der Waals surface area contributed by atoms with Crippen molar-refractivity contribution >= 4 is 49.8 Å². The van der Waals surface area contributed by atoms with E-state index in [4.69, 9.17) is 4.42 Å². The Balaban J connectivity index is 1.11. The molecule has 10 aromatic carbocycles. The van der Waals surface area contributed by atoms with E-state index in [0.717, 1.165) is 50.1 Å². The summed E-state index contributed by atoms with van der Waals surface area (Å²) < 4.78 is 6.37. The van der Waals surface area contributed by atoms with Crippen molar-refractivity contribution in [3.8, 4) is 33.4 Å². The SMILES string of the molecule is c1ccc(C2(c3ccccc3)c3ccccc3-c3c(N(c4ccc(-c5cccc6ccccc56)cc4)c4cccc(-c5cccc6oc7ccccc7c56)c4)cccc32)cc1. The van der Waals surface area contributed by atoms with Crippen molar-refractivity contribution in [3.63, 3.8) is 0 Å². The van der Waals surface area contributed by atoms with Crippen LogP contribution in [0.3, 0.4) is 0 Å². The maximum atomic E-state index is 6.37. The second-order valence-corrected chi connectivity index (χ2v) is 16.0. The second kappa shape index (κ2) is 14.1. The van der Waals surface area contributed by atoms with Crippen molar-refractivity contribution in [2.45, 2.75) is 5.41 Å². The van der Waals surface area contributed by atoms with Gasteiger partial charge in [-0.05, 0) is 103 Å². The fourth-order valence-electron chi connectivity index (χ4n) is 10.2. The zero-order chi connectivity index (χ0) is 40.3. The van der Waals surface area contributed by atoms with Gasteiger partial charge < -0.3 is 9.32 Å². The van der Waals surface area contributed by atoms with Crippen molar-refractivity contribution in [1.82, 2.24) is 0 Å². The molecule has 11 aromatic rings. The molecular weight excluding hydrogens is 739 g/mol. The molecule has 1 aromatic heterocycles. The standard InChI is InChI=1S/C59H39NO/c1-3-20-43(21-4-1)59(44-22-5-2-6-23-44)52-30-11-9-26-50(52)58-53(59)31-16-32-54(58)60(45-37-35-41(36-38-45)48-28-14-18-40-17-7-8-25-47(40)48)46-24-13-19-42(39-46)49-29-15-34-56-57(49)51-27-10-12-33-55(51)61-56/h1-39H. The molecule has 1 heterocycles. The summed E-state index contributed by atoms with van der Waals surface area (Å²) in [7, 11) is 0. The smallest absolute Gasteiger partial charge is 0.136 e. The van der Waals surface area contributed by atoms with Crippen molar-refractivity contribution in [3.05, 3.63) is 259 Å². The highest BCUT2D eigenvalue weighted by Crippen LogP contribution is 2.59. The van der Waals surface area contributed by atoms with Gasteiger partial charge in [0.15, 0.2) is 0 Å². The molecule has 2 heteroatoms. The predicted octanol–water partition coefficient (Wildman–Crippen LogP) is 15.9. The van der Waals surface area contributed by atoms with Crippen LogP contribution in [0.2, 0.25) is 0 Å². The van der Waals surface area contributed by atoms with Crippen molar-refractivity contribution in [2.75, 3.05) is 4.90 Å². The molecule has 0 saturated heterocycles. The minimum absolute atomic E-state index is 0.520. The van der Waals surface area contributed by atoms with Crippen LogP contribution in [0.5, 0.6) is 0 Å². The molecule has 0 amide bonds. The van der Waals surface area contributed by atoms with Crippen LogP contribution in [0.25, 0.3) is 66.1 Å². The Kier molecular flexibility index (Phi) is 8.11. The first-order chi connectivity index (χ1) is 30.3. The number of hydrogen-bond donors (Lipinski definition) is 0. The summed E-state index contributed by atoms with van der Waals surface area (Å²) in [6.45, 7) is 0. The average Bonchev–Trinajstić information content (AvgIpc) is 3.87. The molecule has 286 valence electrons. The number of nitrogens with zero attached hydrogens (tertiary/aromatic N) is 1. The van der Waals surface area contributed by atoms with Crippen LogP contribution in [-0.4, -0.2) is 0 Å². The van der Waals surface area contributed by atoms with E-state index in [1.165, 1.54) is 55.3 Å². The van der Waals surface area contributed by atoms with E-state index in [2.05, 4.69) is 235 Å². The van der Waals surface area contributed by atoms with E-state index in [1.807, 2.05) is 6.07 Å². The van der Waals surface area contributed by atoms with Crippen LogP contribution in [-0.2, 0) is 5.41 Å². The van der Waals surface area contributed by atoms with Crippen LogP contribution < -0.4 is 4.90 Å². The molecule has 0 radical (unpaired) electrons. The lowest BCUT2D eigenvalue weighted by Crippen LogP contribution is -2.28. The topological polar surface area (TPSA) is 16.4 Å². The molecule has 1 aliphatic carbocycles. The highest BCUT2D eigenvalue weighted by molar-refractivity contribution is 6.12. The Labute approximate surface area is 355 Å².